The third-order valence-corrected chi connectivity index (χ3v) is 3.40. The molecule has 0 aromatic heterocycles. The van der Waals surface area contributed by atoms with E-state index in [0.717, 1.165) is 5.56 Å². The average Bonchev–Trinajstić information content (AvgIpc) is 2.40. The Hall–Kier alpha value is -1.39. The number of benzene rings is 1. The average molecular weight is 249 g/mol. The summed E-state index contributed by atoms with van der Waals surface area (Å²) in [5.74, 6) is -0.678. The van der Waals surface area contributed by atoms with Gasteiger partial charge in [0.2, 0.25) is 0 Å². The molecule has 2 rings (SSSR count). The molecule has 1 aliphatic carbocycles. The molecule has 1 fully saturated rings. The lowest BCUT2D eigenvalue weighted by molar-refractivity contribution is -0.153. The van der Waals surface area contributed by atoms with E-state index < -0.39 is 6.10 Å². The largest absolute Gasteiger partial charge is 0.461 e. The second-order valence-corrected chi connectivity index (χ2v) is 4.83. The fourth-order valence-corrected chi connectivity index (χ4v) is 2.28. The van der Waals surface area contributed by atoms with Gasteiger partial charge in [0.15, 0.2) is 0 Å². The van der Waals surface area contributed by atoms with Crippen LogP contribution in [0.25, 0.3) is 0 Å². The molecule has 1 saturated carbocycles. The number of aliphatic hydroxyl groups is 1. The predicted octanol–water partition coefficient (Wildman–Crippen LogP) is 1.22. The first-order valence-corrected chi connectivity index (χ1v) is 6.31. The Morgan fingerprint density at radius 2 is 2.06 bits per heavy atom. The van der Waals surface area contributed by atoms with Crippen molar-refractivity contribution < 1.29 is 14.6 Å². The highest BCUT2D eigenvalue weighted by Gasteiger charge is 2.33. The highest BCUT2D eigenvalue weighted by molar-refractivity contribution is 5.73. The second-order valence-electron chi connectivity index (χ2n) is 4.83. The number of carbonyl (C=O) groups excluding carboxylic acids is 1. The van der Waals surface area contributed by atoms with Crippen molar-refractivity contribution in [1.29, 1.82) is 0 Å². The van der Waals surface area contributed by atoms with Crippen molar-refractivity contribution in [3.63, 3.8) is 0 Å². The first-order chi connectivity index (χ1) is 8.66. The van der Waals surface area contributed by atoms with Crippen LogP contribution < -0.4 is 5.73 Å². The Balaban J connectivity index is 1.87. The first kappa shape index (κ1) is 13.1. The van der Waals surface area contributed by atoms with Crippen LogP contribution in [-0.4, -0.2) is 23.2 Å². The molecular weight excluding hydrogens is 230 g/mol. The van der Waals surface area contributed by atoms with Crippen molar-refractivity contribution in [2.45, 2.75) is 38.0 Å². The SMILES string of the molecule is NC1CCC(O)CC1C(=O)OCc1ccccc1. The number of hydrogen-bond acceptors (Lipinski definition) is 4. The summed E-state index contributed by atoms with van der Waals surface area (Å²) in [7, 11) is 0. The summed E-state index contributed by atoms with van der Waals surface area (Å²) in [5, 5.41) is 9.57. The normalized spacial score (nSPS) is 27.8. The number of hydrogen-bond donors (Lipinski definition) is 2. The molecule has 1 aliphatic rings. The van der Waals surface area contributed by atoms with Crippen molar-refractivity contribution in [3.05, 3.63) is 35.9 Å². The van der Waals surface area contributed by atoms with Crippen molar-refractivity contribution in [2.24, 2.45) is 11.7 Å². The molecule has 3 atom stereocenters. The lowest BCUT2D eigenvalue weighted by atomic mass is 9.83. The van der Waals surface area contributed by atoms with Gasteiger partial charge in [0.1, 0.15) is 6.61 Å². The smallest absolute Gasteiger partial charge is 0.310 e. The summed E-state index contributed by atoms with van der Waals surface area (Å²) in [6.07, 6.45) is 1.32. The summed E-state index contributed by atoms with van der Waals surface area (Å²) in [5.41, 5.74) is 6.85. The van der Waals surface area contributed by atoms with Gasteiger partial charge in [0, 0.05) is 6.04 Å². The maximum Gasteiger partial charge on any atom is 0.310 e. The maximum absolute atomic E-state index is 11.9. The van der Waals surface area contributed by atoms with Gasteiger partial charge < -0.3 is 15.6 Å². The van der Waals surface area contributed by atoms with Crippen LogP contribution in [0.4, 0.5) is 0 Å². The number of nitrogens with two attached hydrogens (primary N) is 1. The molecule has 1 aromatic carbocycles. The molecular formula is C14H19NO3. The number of esters is 1. The molecule has 3 N–H and O–H groups in total. The zero-order valence-corrected chi connectivity index (χ0v) is 10.3. The molecule has 98 valence electrons. The Labute approximate surface area is 107 Å². The quantitative estimate of drug-likeness (QED) is 0.790. The van der Waals surface area contributed by atoms with E-state index in [-0.39, 0.29) is 24.5 Å². The summed E-state index contributed by atoms with van der Waals surface area (Å²) in [4.78, 5) is 11.9. The van der Waals surface area contributed by atoms with Gasteiger partial charge in [-0.2, -0.15) is 0 Å². The van der Waals surface area contributed by atoms with Crippen LogP contribution in [0.1, 0.15) is 24.8 Å². The fourth-order valence-electron chi connectivity index (χ4n) is 2.28. The Bertz CT molecular complexity index is 393. The van der Waals surface area contributed by atoms with Gasteiger partial charge in [0.05, 0.1) is 12.0 Å². The number of aliphatic hydroxyl groups excluding tert-OH is 1. The molecule has 1 aromatic rings. The first-order valence-electron chi connectivity index (χ1n) is 6.31. The highest BCUT2D eigenvalue weighted by atomic mass is 16.5. The topological polar surface area (TPSA) is 72.5 Å². The van der Waals surface area contributed by atoms with Crippen LogP contribution in [0.2, 0.25) is 0 Å². The van der Waals surface area contributed by atoms with Gasteiger partial charge in [-0.1, -0.05) is 30.3 Å². The van der Waals surface area contributed by atoms with E-state index in [1.807, 2.05) is 30.3 Å². The van der Waals surface area contributed by atoms with E-state index in [1.165, 1.54) is 0 Å². The Morgan fingerprint density at radius 1 is 1.33 bits per heavy atom. The van der Waals surface area contributed by atoms with Crippen molar-refractivity contribution >= 4 is 5.97 Å². The van der Waals surface area contributed by atoms with Gasteiger partial charge in [-0.25, -0.2) is 0 Å². The van der Waals surface area contributed by atoms with Gasteiger partial charge in [-0.3, -0.25) is 4.79 Å². The minimum absolute atomic E-state index is 0.198. The minimum atomic E-state index is -0.431. The molecule has 3 unspecified atom stereocenters. The predicted molar refractivity (Wildman–Crippen MR) is 67.6 cm³/mol. The molecule has 0 radical (unpaired) electrons. The molecule has 0 heterocycles. The molecule has 0 aliphatic heterocycles. The van der Waals surface area contributed by atoms with Gasteiger partial charge >= 0.3 is 5.97 Å². The maximum atomic E-state index is 11.9. The summed E-state index contributed by atoms with van der Waals surface area (Å²) in [6.45, 7) is 0.263. The monoisotopic (exact) mass is 249 g/mol. The molecule has 0 bridgehead atoms. The van der Waals surface area contributed by atoms with Crippen LogP contribution in [-0.2, 0) is 16.1 Å². The van der Waals surface area contributed by atoms with E-state index in [9.17, 15) is 9.90 Å². The van der Waals surface area contributed by atoms with Crippen LogP contribution in [0.15, 0.2) is 30.3 Å². The van der Waals surface area contributed by atoms with Gasteiger partial charge in [0.25, 0.3) is 0 Å². The van der Waals surface area contributed by atoms with Crippen molar-refractivity contribution in [2.75, 3.05) is 0 Å². The number of ether oxygens (including phenoxy) is 1. The van der Waals surface area contributed by atoms with E-state index in [2.05, 4.69) is 0 Å². The minimum Gasteiger partial charge on any atom is -0.461 e. The third-order valence-electron chi connectivity index (χ3n) is 3.40. The van der Waals surface area contributed by atoms with Gasteiger partial charge in [-0.05, 0) is 24.8 Å². The summed E-state index contributed by atoms with van der Waals surface area (Å²) in [6, 6.07) is 9.33. The standard InChI is InChI=1S/C14H19NO3/c15-13-7-6-11(16)8-12(13)14(17)18-9-10-4-2-1-3-5-10/h1-5,11-13,16H,6-9,15H2. The van der Waals surface area contributed by atoms with Crippen molar-refractivity contribution in [1.82, 2.24) is 0 Å². The van der Waals surface area contributed by atoms with E-state index in [0.29, 0.717) is 19.3 Å². The molecule has 4 heteroatoms. The fraction of sp³-hybridized carbons (Fsp3) is 0.500. The Morgan fingerprint density at radius 3 is 2.78 bits per heavy atom. The lowest BCUT2D eigenvalue weighted by Crippen LogP contribution is -2.42. The second kappa shape index (κ2) is 5.98. The number of carbonyl (C=O) groups is 1. The van der Waals surface area contributed by atoms with E-state index in [4.69, 9.17) is 10.5 Å². The molecule has 0 saturated heterocycles. The zero-order valence-electron chi connectivity index (χ0n) is 10.3. The molecule has 0 amide bonds. The lowest BCUT2D eigenvalue weighted by Gasteiger charge is -2.29. The van der Waals surface area contributed by atoms with Crippen LogP contribution in [0.5, 0.6) is 0 Å². The summed E-state index contributed by atoms with van der Waals surface area (Å²) < 4.78 is 5.26. The Kier molecular flexibility index (Phi) is 4.33. The molecule has 18 heavy (non-hydrogen) atoms. The third kappa shape index (κ3) is 3.31. The van der Waals surface area contributed by atoms with E-state index in [1.54, 1.807) is 0 Å². The van der Waals surface area contributed by atoms with E-state index >= 15 is 0 Å². The summed E-state index contributed by atoms with van der Waals surface area (Å²) >= 11 is 0. The molecule has 0 spiro atoms. The van der Waals surface area contributed by atoms with Crippen LogP contribution in [0, 0.1) is 5.92 Å². The highest BCUT2D eigenvalue weighted by Crippen LogP contribution is 2.24. The molecule has 4 nitrogen and oxygen atoms in total. The van der Waals surface area contributed by atoms with Gasteiger partial charge in [-0.15, -0.1) is 0 Å². The van der Waals surface area contributed by atoms with Crippen LogP contribution >= 0.6 is 0 Å². The van der Waals surface area contributed by atoms with Crippen molar-refractivity contribution in [3.8, 4) is 0 Å². The zero-order chi connectivity index (χ0) is 13.0. The van der Waals surface area contributed by atoms with Crippen LogP contribution in [0.3, 0.4) is 0 Å². The number of rotatable bonds is 3.